The lowest BCUT2D eigenvalue weighted by atomic mass is 10.3. The molecule has 2 aromatic carbocycles. The van der Waals surface area contributed by atoms with E-state index in [-0.39, 0.29) is 0 Å². The minimum atomic E-state index is -0.713. The van der Waals surface area contributed by atoms with Gasteiger partial charge in [-0.05, 0) is 24.3 Å². The Balaban J connectivity index is 0.000000171. The van der Waals surface area contributed by atoms with Crippen LogP contribution in [0.15, 0.2) is 42.5 Å². The summed E-state index contributed by atoms with van der Waals surface area (Å²) in [6.45, 7) is 0. The maximum Gasteiger partial charge on any atom is 0.149 e. The van der Waals surface area contributed by atoms with Crippen LogP contribution in [-0.4, -0.2) is 0 Å². The molecule has 0 saturated heterocycles. The lowest BCUT2D eigenvalue weighted by Gasteiger charge is -1.94. The molecule has 0 aliphatic carbocycles. The van der Waals surface area contributed by atoms with Crippen molar-refractivity contribution in [1.82, 2.24) is 0 Å². The van der Waals surface area contributed by atoms with Gasteiger partial charge in [0, 0.05) is 6.07 Å². The summed E-state index contributed by atoms with van der Waals surface area (Å²) < 4.78 is 48.3. The number of hydrogen-bond donors (Lipinski definition) is 1. The zero-order valence-electron chi connectivity index (χ0n) is 8.63. The summed E-state index contributed by atoms with van der Waals surface area (Å²) in [5.41, 5.74) is 4.51. The fourth-order valence-electron chi connectivity index (χ4n) is 0.971. The topological polar surface area (TPSA) is 26.0 Å². The SMILES string of the molecule is Fc1cccc(F)c1.Nc1c(F)cccc1F. The Morgan fingerprint density at radius 3 is 1.41 bits per heavy atom. The first-order valence-electron chi connectivity index (χ1n) is 4.61. The van der Waals surface area contributed by atoms with E-state index in [9.17, 15) is 17.6 Å². The Labute approximate surface area is 95.5 Å². The Morgan fingerprint density at radius 2 is 1.12 bits per heavy atom. The van der Waals surface area contributed by atoms with E-state index in [0.29, 0.717) is 0 Å². The molecule has 1 nitrogen and oxygen atoms in total. The molecule has 5 heteroatoms. The van der Waals surface area contributed by atoms with Crippen LogP contribution in [0.5, 0.6) is 0 Å². The van der Waals surface area contributed by atoms with E-state index < -0.39 is 29.0 Å². The number of nitrogen functional groups attached to an aromatic ring is 1. The van der Waals surface area contributed by atoms with Gasteiger partial charge in [0.05, 0.1) is 0 Å². The normalized spacial score (nSPS) is 9.41. The van der Waals surface area contributed by atoms with Crippen LogP contribution in [0, 0.1) is 23.3 Å². The van der Waals surface area contributed by atoms with Crippen molar-refractivity contribution in [3.05, 3.63) is 65.7 Å². The average Bonchev–Trinajstić information content (AvgIpc) is 2.26. The Bertz CT molecular complexity index is 462. The highest BCUT2D eigenvalue weighted by Gasteiger charge is 2.00. The highest BCUT2D eigenvalue weighted by atomic mass is 19.1. The zero-order valence-corrected chi connectivity index (χ0v) is 8.63. The minimum absolute atomic E-state index is 0.419. The molecule has 90 valence electrons. The van der Waals surface area contributed by atoms with Crippen LogP contribution < -0.4 is 5.73 Å². The summed E-state index contributed by atoms with van der Waals surface area (Å²) in [5.74, 6) is -2.50. The number of nitrogens with two attached hydrogens (primary N) is 1. The third-order valence-corrected chi connectivity index (χ3v) is 1.79. The molecule has 2 aromatic rings. The molecular weight excluding hydrogens is 234 g/mol. The smallest absolute Gasteiger partial charge is 0.149 e. The van der Waals surface area contributed by atoms with Crippen molar-refractivity contribution >= 4 is 5.69 Å². The summed E-state index contributed by atoms with van der Waals surface area (Å²) in [7, 11) is 0. The van der Waals surface area contributed by atoms with Crippen LogP contribution in [0.4, 0.5) is 23.2 Å². The largest absolute Gasteiger partial charge is 0.394 e. The molecule has 0 unspecified atom stereocenters. The summed E-state index contributed by atoms with van der Waals surface area (Å²) in [5, 5.41) is 0. The van der Waals surface area contributed by atoms with E-state index in [0.717, 1.165) is 18.2 Å². The molecular formula is C12H9F4N. The highest BCUT2D eigenvalue weighted by Crippen LogP contribution is 2.12. The van der Waals surface area contributed by atoms with Crippen molar-refractivity contribution in [2.75, 3.05) is 5.73 Å². The quantitative estimate of drug-likeness (QED) is 0.556. The van der Waals surface area contributed by atoms with Gasteiger partial charge in [-0.3, -0.25) is 0 Å². The van der Waals surface area contributed by atoms with Gasteiger partial charge in [0.1, 0.15) is 29.0 Å². The van der Waals surface area contributed by atoms with Gasteiger partial charge < -0.3 is 5.73 Å². The third-order valence-electron chi connectivity index (χ3n) is 1.79. The van der Waals surface area contributed by atoms with Crippen molar-refractivity contribution in [3.63, 3.8) is 0 Å². The maximum absolute atomic E-state index is 12.2. The number of hydrogen-bond acceptors (Lipinski definition) is 1. The van der Waals surface area contributed by atoms with Gasteiger partial charge in [-0.1, -0.05) is 12.1 Å². The molecule has 17 heavy (non-hydrogen) atoms. The van der Waals surface area contributed by atoms with Crippen LogP contribution in [-0.2, 0) is 0 Å². The number of anilines is 1. The molecule has 0 aliphatic heterocycles. The fraction of sp³-hybridized carbons (Fsp3) is 0. The number of para-hydroxylation sites is 1. The van der Waals surface area contributed by atoms with Gasteiger partial charge >= 0.3 is 0 Å². The van der Waals surface area contributed by atoms with Gasteiger partial charge in [-0.25, -0.2) is 17.6 Å². The number of halogens is 4. The third kappa shape index (κ3) is 4.14. The molecule has 2 N–H and O–H groups in total. The predicted octanol–water partition coefficient (Wildman–Crippen LogP) is 3.51. The summed E-state index contributed by atoms with van der Waals surface area (Å²) >= 11 is 0. The lowest BCUT2D eigenvalue weighted by molar-refractivity contribution is 0.583. The molecule has 0 heterocycles. The van der Waals surface area contributed by atoms with Gasteiger partial charge in [0.25, 0.3) is 0 Å². The molecule has 0 aromatic heterocycles. The van der Waals surface area contributed by atoms with Crippen molar-refractivity contribution in [2.45, 2.75) is 0 Å². The van der Waals surface area contributed by atoms with E-state index in [2.05, 4.69) is 0 Å². The van der Waals surface area contributed by atoms with Crippen molar-refractivity contribution in [1.29, 1.82) is 0 Å². The maximum atomic E-state index is 12.2. The molecule has 0 spiro atoms. The number of benzene rings is 2. The minimum Gasteiger partial charge on any atom is -0.394 e. The molecule has 2 rings (SSSR count). The molecule has 0 amide bonds. The van der Waals surface area contributed by atoms with Crippen molar-refractivity contribution in [3.8, 4) is 0 Å². The van der Waals surface area contributed by atoms with Gasteiger partial charge in [-0.15, -0.1) is 0 Å². The molecule has 0 aliphatic rings. The van der Waals surface area contributed by atoms with Gasteiger partial charge in [0.15, 0.2) is 0 Å². The summed E-state index contributed by atoms with van der Waals surface area (Å²) in [6, 6.07) is 8.04. The summed E-state index contributed by atoms with van der Waals surface area (Å²) in [6.07, 6.45) is 0. The zero-order chi connectivity index (χ0) is 12.8. The van der Waals surface area contributed by atoms with Gasteiger partial charge in [0.2, 0.25) is 0 Å². The molecule has 0 fully saturated rings. The second-order valence-electron chi connectivity index (χ2n) is 3.08. The van der Waals surface area contributed by atoms with Crippen LogP contribution in [0.1, 0.15) is 0 Å². The fourth-order valence-corrected chi connectivity index (χ4v) is 0.971. The second kappa shape index (κ2) is 5.89. The van der Waals surface area contributed by atoms with E-state index in [4.69, 9.17) is 5.73 Å². The first kappa shape index (κ1) is 13.0. The predicted molar refractivity (Wildman–Crippen MR) is 57.1 cm³/mol. The van der Waals surface area contributed by atoms with Crippen LogP contribution in [0.2, 0.25) is 0 Å². The van der Waals surface area contributed by atoms with Crippen LogP contribution in [0.25, 0.3) is 0 Å². The van der Waals surface area contributed by atoms with E-state index in [1.54, 1.807) is 0 Å². The van der Waals surface area contributed by atoms with Gasteiger partial charge in [-0.2, -0.15) is 0 Å². The molecule has 0 radical (unpaired) electrons. The van der Waals surface area contributed by atoms with E-state index >= 15 is 0 Å². The molecule has 0 saturated carbocycles. The standard InChI is InChI=1S/C6H5F2N.C6H4F2/c7-4-2-1-3-5(8)6(4)9;7-5-2-1-3-6(8)4-5/h1-3H,9H2;1-4H. The monoisotopic (exact) mass is 243 g/mol. The lowest BCUT2D eigenvalue weighted by Crippen LogP contribution is -1.93. The van der Waals surface area contributed by atoms with E-state index in [1.807, 2.05) is 0 Å². The number of rotatable bonds is 0. The van der Waals surface area contributed by atoms with E-state index in [1.165, 1.54) is 24.3 Å². The van der Waals surface area contributed by atoms with Crippen LogP contribution in [0.3, 0.4) is 0 Å². The molecule has 0 atom stereocenters. The van der Waals surface area contributed by atoms with Crippen molar-refractivity contribution < 1.29 is 17.6 Å². The first-order chi connectivity index (χ1) is 8.00. The van der Waals surface area contributed by atoms with Crippen molar-refractivity contribution in [2.24, 2.45) is 0 Å². The Morgan fingerprint density at radius 1 is 0.706 bits per heavy atom. The molecule has 0 bridgehead atoms. The summed E-state index contributed by atoms with van der Waals surface area (Å²) in [4.78, 5) is 0. The highest BCUT2D eigenvalue weighted by molar-refractivity contribution is 5.40. The van der Waals surface area contributed by atoms with Crippen LogP contribution >= 0.6 is 0 Å². The Kier molecular flexibility index (Phi) is 4.51. The Hall–Kier alpha value is -2.04. The second-order valence-corrected chi connectivity index (χ2v) is 3.08. The first-order valence-corrected chi connectivity index (χ1v) is 4.61. The average molecular weight is 243 g/mol.